The summed E-state index contributed by atoms with van der Waals surface area (Å²) < 4.78 is 7.20. The Morgan fingerprint density at radius 1 is 0.967 bits per heavy atom. The number of carbonyl (C=O) groups is 1. The molecule has 2 aliphatic rings. The van der Waals surface area contributed by atoms with Gasteiger partial charge in [-0.2, -0.15) is 0 Å². The van der Waals surface area contributed by atoms with Crippen molar-refractivity contribution in [2.24, 2.45) is 0 Å². The Balaban J connectivity index is 2.34. The first-order valence-corrected chi connectivity index (χ1v) is 11.6. The van der Waals surface area contributed by atoms with Gasteiger partial charge in [-0.15, -0.1) is 0 Å². The molecular formula is C21H10Br4O5. The van der Waals surface area contributed by atoms with Crippen LogP contribution in [0.3, 0.4) is 0 Å². The van der Waals surface area contributed by atoms with Crippen LogP contribution in [0, 0.1) is 6.92 Å². The van der Waals surface area contributed by atoms with E-state index < -0.39 is 5.97 Å². The Kier molecular flexibility index (Phi) is 5.59. The molecule has 4 rings (SSSR count). The van der Waals surface area contributed by atoms with E-state index in [1.54, 1.807) is 24.3 Å². The molecule has 0 atom stereocenters. The molecule has 0 fully saturated rings. The van der Waals surface area contributed by atoms with Gasteiger partial charge in [-0.05, 0) is 94.4 Å². The normalized spacial score (nSPS) is 11.4. The molecule has 1 aliphatic carbocycles. The molecular weight excluding hydrogens is 652 g/mol. The molecule has 0 unspecified atom stereocenters. The number of halogens is 4. The fourth-order valence-electron chi connectivity index (χ4n) is 3.34. The number of rotatable bonds is 2. The van der Waals surface area contributed by atoms with Gasteiger partial charge in [0.2, 0.25) is 5.43 Å². The zero-order valence-electron chi connectivity index (χ0n) is 15.0. The molecule has 5 nitrogen and oxygen atoms in total. The molecule has 0 amide bonds. The third-order valence-electron chi connectivity index (χ3n) is 4.70. The van der Waals surface area contributed by atoms with E-state index in [0.29, 0.717) is 31.0 Å². The number of fused-ring (bicyclic) bond motifs is 2. The van der Waals surface area contributed by atoms with E-state index in [4.69, 9.17) is 4.42 Å². The lowest BCUT2D eigenvalue weighted by Crippen LogP contribution is -2.08. The molecule has 2 N–H and O–H groups in total. The summed E-state index contributed by atoms with van der Waals surface area (Å²) in [6.07, 6.45) is 0. The SMILES string of the molecule is Cc1ccc(-c2c3cc(Br)c(=O)c(Br)c-3oc3c(Br)c(O)c(Br)cc23)c(C(=O)O)c1. The zero-order valence-corrected chi connectivity index (χ0v) is 21.4. The minimum Gasteiger partial charge on any atom is -0.505 e. The Bertz CT molecular complexity index is 1410. The lowest BCUT2D eigenvalue weighted by atomic mass is 9.90. The van der Waals surface area contributed by atoms with E-state index >= 15 is 0 Å². The molecule has 1 aliphatic heterocycles. The van der Waals surface area contributed by atoms with Crippen LogP contribution in [0.5, 0.6) is 5.75 Å². The average Bonchev–Trinajstić information content (AvgIpc) is 2.70. The van der Waals surface area contributed by atoms with Gasteiger partial charge in [-0.3, -0.25) is 4.79 Å². The monoisotopic (exact) mass is 658 g/mol. The Hall–Kier alpha value is -1.68. The molecule has 1 heterocycles. The fourth-order valence-corrected chi connectivity index (χ4v) is 5.74. The lowest BCUT2D eigenvalue weighted by molar-refractivity contribution is 0.0697. The summed E-state index contributed by atoms with van der Waals surface area (Å²) in [6.45, 7) is 1.81. The molecule has 0 saturated heterocycles. The first kappa shape index (κ1) is 21.5. The highest BCUT2D eigenvalue weighted by atomic mass is 79.9. The maximum Gasteiger partial charge on any atom is 0.336 e. The second-order valence-electron chi connectivity index (χ2n) is 6.61. The number of aromatic hydroxyl groups is 1. The molecule has 9 heteroatoms. The van der Waals surface area contributed by atoms with Crippen LogP contribution in [0.2, 0.25) is 0 Å². The average molecular weight is 662 g/mol. The second kappa shape index (κ2) is 7.78. The van der Waals surface area contributed by atoms with Crippen LogP contribution >= 0.6 is 63.7 Å². The van der Waals surface area contributed by atoms with Gasteiger partial charge in [0.25, 0.3) is 0 Å². The van der Waals surface area contributed by atoms with Gasteiger partial charge < -0.3 is 14.6 Å². The number of phenolic OH excluding ortho intramolecular Hbond substituents is 1. The van der Waals surface area contributed by atoms with Crippen LogP contribution < -0.4 is 5.43 Å². The number of aromatic carboxylic acids is 1. The zero-order chi connectivity index (χ0) is 21.9. The van der Waals surface area contributed by atoms with E-state index in [1.807, 2.05) is 13.0 Å². The van der Waals surface area contributed by atoms with Crippen molar-refractivity contribution in [3.63, 3.8) is 0 Å². The summed E-state index contributed by atoms with van der Waals surface area (Å²) in [5, 5.41) is 20.8. The molecule has 30 heavy (non-hydrogen) atoms. The first-order valence-electron chi connectivity index (χ1n) is 8.41. The van der Waals surface area contributed by atoms with Crippen molar-refractivity contribution in [2.75, 3.05) is 0 Å². The largest absolute Gasteiger partial charge is 0.505 e. The van der Waals surface area contributed by atoms with Gasteiger partial charge in [0.15, 0.2) is 11.3 Å². The van der Waals surface area contributed by atoms with E-state index in [-0.39, 0.29) is 37.0 Å². The minimum absolute atomic E-state index is 0.0745. The van der Waals surface area contributed by atoms with Crippen molar-refractivity contribution < 1.29 is 19.4 Å². The molecule has 0 spiro atoms. The van der Waals surface area contributed by atoms with E-state index in [2.05, 4.69) is 63.7 Å². The highest BCUT2D eigenvalue weighted by Crippen LogP contribution is 2.49. The predicted octanol–water partition coefficient (Wildman–Crippen LogP) is 7.33. The smallest absolute Gasteiger partial charge is 0.336 e. The fraction of sp³-hybridized carbons (Fsp3) is 0.0476. The summed E-state index contributed by atoms with van der Waals surface area (Å²) in [4.78, 5) is 24.5. The topological polar surface area (TPSA) is 87.7 Å². The molecule has 0 saturated carbocycles. The number of benzene rings is 3. The lowest BCUT2D eigenvalue weighted by Gasteiger charge is -2.19. The molecule has 0 radical (unpaired) electrons. The Morgan fingerprint density at radius 2 is 1.67 bits per heavy atom. The van der Waals surface area contributed by atoms with Gasteiger partial charge >= 0.3 is 5.97 Å². The van der Waals surface area contributed by atoms with Gasteiger partial charge in [-0.25, -0.2) is 4.79 Å². The quantitative estimate of drug-likeness (QED) is 0.220. The predicted molar refractivity (Wildman–Crippen MR) is 129 cm³/mol. The van der Waals surface area contributed by atoms with Gasteiger partial charge in [0.05, 0.1) is 14.5 Å². The van der Waals surface area contributed by atoms with E-state index in [1.165, 1.54) is 0 Å². The number of phenols is 1. The standard InChI is InChI=1S/C21H10Br4O5/c1-7-2-3-8(9(4-7)21(28)29)14-10-5-12(22)17(26)15(24)19(10)30-20-11(14)6-13(23)18(27)16(20)25/h2-6,26H,1H3,(H,28,29). The molecule has 2 aromatic rings. The van der Waals surface area contributed by atoms with Crippen LogP contribution in [0.25, 0.3) is 33.4 Å². The van der Waals surface area contributed by atoms with Crippen molar-refractivity contribution in [1.29, 1.82) is 0 Å². The molecule has 0 bridgehead atoms. The van der Waals surface area contributed by atoms with Gasteiger partial charge in [0, 0.05) is 16.5 Å². The van der Waals surface area contributed by atoms with E-state index in [9.17, 15) is 19.8 Å². The third-order valence-corrected chi connectivity index (χ3v) is 7.35. The van der Waals surface area contributed by atoms with Crippen molar-refractivity contribution >= 4 is 80.7 Å². The summed E-state index contributed by atoms with van der Waals surface area (Å²) >= 11 is 13.3. The number of carboxylic acids is 1. The molecule has 0 aromatic heterocycles. The van der Waals surface area contributed by atoms with Crippen molar-refractivity contribution in [1.82, 2.24) is 0 Å². The Morgan fingerprint density at radius 3 is 2.33 bits per heavy atom. The number of carboxylic acid groups (broad SMARTS) is 1. The summed E-state index contributed by atoms with van der Waals surface area (Å²) in [5.74, 6) is -0.911. The van der Waals surface area contributed by atoms with E-state index in [0.717, 1.165) is 5.56 Å². The highest BCUT2D eigenvalue weighted by Gasteiger charge is 2.27. The van der Waals surface area contributed by atoms with Crippen LogP contribution in [0.15, 0.2) is 57.4 Å². The van der Waals surface area contributed by atoms with Crippen molar-refractivity contribution in [3.05, 3.63) is 69.6 Å². The second-order valence-corrected chi connectivity index (χ2v) is 9.90. The number of hydrogen-bond acceptors (Lipinski definition) is 4. The number of hydrogen-bond donors (Lipinski definition) is 2. The molecule has 152 valence electrons. The highest BCUT2D eigenvalue weighted by molar-refractivity contribution is 9.11. The maximum atomic E-state index is 12.5. The maximum absolute atomic E-state index is 12.5. The third kappa shape index (κ3) is 3.32. The van der Waals surface area contributed by atoms with Crippen molar-refractivity contribution in [2.45, 2.75) is 6.92 Å². The summed E-state index contributed by atoms with van der Waals surface area (Å²) in [5.41, 5.74) is 2.44. The van der Waals surface area contributed by atoms with Crippen LogP contribution in [0.4, 0.5) is 0 Å². The first-order chi connectivity index (χ1) is 14.1. The van der Waals surface area contributed by atoms with Crippen LogP contribution in [0.1, 0.15) is 15.9 Å². The van der Waals surface area contributed by atoms with Gasteiger partial charge in [-0.1, -0.05) is 17.7 Å². The van der Waals surface area contributed by atoms with Crippen molar-refractivity contribution in [3.8, 4) is 28.2 Å². The minimum atomic E-state index is -1.08. The Labute approximate surface area is 203 Å². The summed E-state index contributed by atoms with van der Waals surface area (Å²) in [7, 11) is 0. The van der Waals surface area contributed by atoms with Crippen LogP contribution in [-0.2, 0) is 0 Å². The van der Waals surface area contributed by atoms with Gasteiger partial charge in [0.1, 0.15) is 14.7 Å². The van der Waals surface area contributed by atoms with Crippen LogP contribution in [-0.4, -0.2) is 16.2 Å². The molecule has 2 aromatic carbocycles. The number of aryl methyl sites for hydroxylation is 1. The summed E-state index contributed by atoms with van der Waals surface area (Å²) in [6, 6.07) is 8.41.